The van der Waals surface area contributed by atoms with E-state index in [4.69, 9.17) is 0 Å². The number of ketones is 1. The molecule has 3 heterocycles. The van der Waals surface area contributed by atoms with Crippen molar-refractivity contribution in [2.75, 3.05) is 49.1 Å². The van der Waals surface area contributed by atoms with Crippen LogP contribution in [-0.4, -0.2) is 60.8 Å². The maximum absolute atomic E-state index is 12.7. The number of carbonyl (C=O) groups excluding carboxylic acids is 2. The summed E-state index contributed by atoms with van der Waals surface area (Å²) >= 11 is 0. The number of nitriles is 1. The molecule has 1 amide bonds. The molecule has 1 aromatic heterocycles. The van der Waals surface area contributed by atoms with Gasteiger partial charge in [0.15, 0.2) is 5.78 Å². The zero-order valence-corrected chi connectivity index (χ0v) is 18.3. The molecule has 1 saturated heterocycles. The van der Waals surface area contributed by atoms with E-state index in [1.807, 2.05) is 25.1 Å². The van der Waals surface area contributed by atoms with Gasteiger partial charge in [-0.15, -0.1) is 0 Å². The summed E-state index contributed by atoms with van der Waals surface area (Å²) in [6.45, 7) is 6.72. The Kier molecular flexibility index (Phi) is 6.62. The standard InChI is InChI=1S/C25H27N5O2/c1-19(18-30-22-7-3-2-6-21(22)23(31)8-9-24(30)32)10-12-28-13-15-29(16-14-28)25-20(17-26)5-4-11-27-25/h2-7,10-11H,8-9,12-16,18H2,1H3/b19-10+. The maximum atomic E-state index is 12.7. The monoisotopic (exact) mass is 429 g/mol. The van der Waals surface area contributed by atoms with Crippen LogP contribution in [0.5, 0.6) is 0 Å². The van der Waals surface area contributed by atoms with E-state index in [2.05, 4.69) is 26.9 Å². The van der Waals surface area contributed by atoms with Gasteiger partial charge in [0.05, 0.1) is 11.3 Å². The van der Waals surface area contributed by atoms with Gasteiger partial charge in [0.25, 0.3) is 0 Å². The van der Waals surface area contributed by atoms with Crippen LogP contribution < -0.4 is 9.80 Å². The van der Waals surface area contributed by atoms with Gasteiger partial charge in [-0.2, -0.15) is 5.26 Å². The average molecular weight is 430 g/mol. The van der Waals surface area contributed by atoms with E-state index < -0.39 is 0 Å². The molecular formula is C25H27N5O2. The molecule has 0 N–H and O–H groups in total. The maximum Gasteiger partial charge on any atom is 0.227 e. The van der Waals surface area contributed by atoms with Gasteiger partial charge < -0.3 is 9.80 Å². The number of aromatic nitrogens is 1. The molecule has 1 fully saturated rings. The van der Waals surface area contributed by atoms with E-state index in [-0.39, 0.29) is 24.5 Å². The van der Waals surface area contributed by atoms with Crippen molar-refractivity contribution in [3.63, 3.8) is 0 Å². The fourth-order valence-electron chi connectivity index (χ4n) is 4.22. The smallest absolute Gasteiger partial charge is 0.227 e. The van der Waals surface area contributed by atoms with Crippen LogP contribution in [0.4, 0.5) is 11.5 Å². The Labute approximate surface area is 188 Å². The van der Waals surface area contributed by atoms with Gasteiger partial charge in [0, 0.05) is 63.9 Å². The molecule has 7 nitrogen and oxygen atoms in total. The van der Waals surface area contributed by atoms with Crippen molar-refractivity contribution in [2.45, 2.75) is 19.8 Å². The molecule has 32 heavy (non-hydrogen) atoms. The van der Waals surface area contributed by atoms with Crippen LogP contribution in [0.2, 0.25) is 0 Å². The molecule has 0 spiro atoms. The first-order valence-electron chi connectivity index (χ1n) is 11.0. The molecule has 7 heteroatoms. The third-order valence-corrected chi connectivity index (χ3v) is 6.05. The number of anilines is 2. The molecule has 2 aliphatic heterocycles. The fraction of sp³-hybridized carbons (Fsp3) is 0.360. The molecule has 0 unspecified atom stereocenters. The number of hydrogen-bond donors (Lipinski definition) is 0. The van der Waals surface area contributed by atoms with Gasteiger partial charge in [0.2, 0.25) is 5.91 Å². The highest BCUT2D eigenvalue weighted by molar-refractivity contribution is 6.10. The van der Waals surface area contributed by atoms with Crippen LogP contribution in [0, 0.1) is 11.3 Å². The first-order valence-corrected chi connectivity index (χ1v) is 11.0. The van der Waals surface area contributed by atoms with Crippen LogP contribution in [0.3, 0.4) is 0 Å². The molecule has 4 rings (SSSR count). The van der Waals surface area contributed by atoms with Crippen LogP contribution in [0.25, 0.3) is 0 Å². The highest BCUT2D eigenvalue weighted by atomic mass is 16.2. The van der Waals surface area contributed by atoms with Gasteiger partial charge >= 0.3 is 0 Å². The van der Waals surface area contributed by atoms with E-state index in [9.17, 15) is 14.9 Å². The van der Waals surface area contributed by atoms with Crippen molar-refractivity contribution in [3.05, 3.63) is 65.4 Å². The molecule has 0 aliphatic carbocycles. The highest BCUT2D eigenvalue weighted by Gasteiger charge is 2.26. The van der Waals surface area contributed by atoms with Gasteiger partial charge in [-0.25, -0.2) is 4.98 Å². The van der Waals surface area contributed by atoms with Crippen LogP contribution in [0.1, 0.15) is 35.7 Å². The molecule has 1 aromatic carbocycles. The molecule has 2 aliphatic rings. The molecule has 0 radical (unpaired) electrons. The number of Topliss-reactive ketones (excluding diaryl/α,β-unsaturated/α-hetero) is 1. The quantitative estimate of drug-likeness (QED) is 0.680. The minimum absolute atomic E-state index is 0.00618. The second-order valence-corrected chi connectivity index (χ2v) is 8.24. The summed E-state index contributed by atoms with van der Waals surface area (Å²) in [5.74, 6) is 0.783. The zero-order chi connectivity index (χ0) is 22.5. The van der Waals surface area contributed by atoms with Crippen LogP contribution >= 0.6 is 0 Å². The minimum Gasteiger partial charge on any atom is -0.353 e. The Balaban J connectivity index is 1.37. The number of pyridine rings is 1. The van der Waals surface area contributed by atoms with Crippen molar-refractivity contribution in [2.24, 2.45) is 0 Å². The predicted molar refractivity (Wildman–Crippen MR) is 124 cm³/mol. The predicted octanol–water partition coefficient (Wildman–Crippen LogP) is 3.03. The lowest BCUT2D eigenvalue weighted by atomic mass is 10.1. The summed E-state index contributed by atoms with van der Waals surface area (Å²) in [5.41, 5.74) is 3.05. The first kappa shape index (κ1) is 21.7. The SMILES string of the molecule is C/C(=C\CN1CCN(c2ncccc2C#N)CC1)CN1C(=O)CCC(=O)c2ccccc21. The van der Waals surface area contributed by atoms with Gasteiger partial charge in [-0.3, -0.25) is 14.5 Å². The average Bonchev–Trinajstić information content (AvgIpc) is 2.95. The Morgan fingerprint density at radius 3 is 2.66 bits per heavy atom. The molecular weight excluding hydrogens is 402 g/mol. The lowest BCUT2D eigenvalue weighted by Gasteiger charge is -2.35. The molecule has 0 saturated carbocycles. The van der Waals surface area contributed by atoms with Crippen molar-refractivity contribution in [3.8, 4) is 6.07 Å². The minimum atomic E-state index is -0.00618. The molecule has 164 valence electrons. The first-order chi connectivity index (χ1) is 15.6. The number of rotatable bonds is 5. The molecule has 0 atom stereocenters. The van der Waals surface area contributed by atoms with Gasteiger partial charge in [-0.1, -0.05) is 23.8 Å². The number of benzene rings is 1. The Hall–Kier alpha value is -3.50. The zero-order valence-electron chi connectivity index (χ0n) is 18.3. The lowest BCUT2D eigenvalue weighted by molar-refractivity contribution is -0.118. The number of carbonyl (C=O) groups is 2. The summed E-state index contributed by atoms with van der Waals surface area (Å²) in [6, 6.07) is 13.2. The van der Waals surface area contributed by atoms with Gasteiger partial charge in [-0.05, 0) is 31.2 Å². The van der Waals surface area contributed by atoms with E-state index >= 15 is 0 Å². The Morgan fingerprint density at radius 1 is 1.09 bits per heavy atom. The second kappa shape index (κ2) is 9.75. The molecule has 2 aromatic rings. The van der Waals surface area contributed by atoms with Crippen LogP contribution in [0.15, 0.2) is 54.2 Å². The third-order valence-electron chi connectivity index (χ3n) is 6.05. The number of para-hydroxylation sites is 1. The summed E-state index contributed by atoms with van der Waals surface area (Å²) in [6.07, 6.45) is 4.41. The summed E-state index contributed by atoms with van der Waals surface area (Å²) in [7, 11) is 0. The van der Waals surface area contributed by atoms with Gasteiger partial charge in [0.1, 0.15) is 11.9 Å². The topological polar surface area (TPSA) is 80.5 Å². The van der Waals surface area contributed by atoms with E-state index in [0.29, 0.717) is 23.4 Å². The normalized spacial score (nSPS) is 17.7. The summed E-state index contributed by atoms with van der Waals surface area (Å²) in [5, 5.41) is 9.31. The van der Waals surface area contributed by atoms with Crippen molar-refractivity contribution in [1.82, 2.24) is 9.88 Å². The van der Waals surface area contributed by atoms with Crippen molar-refractivity contribution in [1.29, 1.82) is 5.26 Å². The highest BCUT2D eigenvalue weighted by Crippen LogP contribution is 2.27. The number of fused-ring (bicyclic) bond motifs is 1. The largest absolute Gasteiger partial charge is 0.353 e. The Bertz CT molecular complexity index is 1080. The fourth-order valence-corrected chi connectivity index (χ4v) is 4.22. The third kappa shape index (κ3) is 4.71. The van der Waals surface area contributed by atoms with E-state index in [0.717, 1.165) is 44.1 Å². The number of piperazine rings is 1. The van der Waals surface area contributed by atoms with Crippen molar-refractivity contribution >= 4 is 23.2 Å². The summed E-state index contributed by atoms with van der Waals surface area (Å²) in [4.78, 5) is 35.7. The number of hydrogen-bond acceptors (Lipinski definition) is 6. The van der Waals surface area contributed by atoms with E-state index in [1.165, 1.54) is 0 Å². The number of amides is 1. The number of nitrogens with zero attached hydrogens (tertiary/aromatic N) is 5. The van der Waals surface area contributed by atoms with Crippen LogP contribution in [-0.2, 0) is 4.79 Å². The van der Waals surface area contributed by atoms with Crippen molar-refractivity contribution < 1.29 is 9.59 Å². The molecule has 0 bridgehead atoms. The Morgan fingerprint density at radius 2 is 1.88 bits per heavy atom. The van der Waals surface area contributed by atoms with E-state index in [1.54, 1.807) is 29.3 Å². The lowest BCUT2D eigenvalue weighted by Crippen LogP contribution is -2.47. The summed E-state index contributed by atoms with van der Waals surface area (Å²) < 4.78 is 0. The second-order valence-electron chi connectivity index (χ2n) is 8.24.